The predicted molar refractivity (Wildman–Crippen MR) is 79.9 cm³/mol. The van der Waals surface area contributed by atoms with Crippen LogP contribution in [-0.2, 0) is 11.0 Å². The van der Waals surface area contributed by atoms with Gasteiger partial charge in [0.1, 0.15) is 0 Å². The summed E-state index contributed by atoms with van der Waals surface area (Å²) >= 11 is 5.55. The number of nitrogens with zero attached hydrogens (tertiary/aromatic N) is 1. The fourth-order valence-electron chi connectivity index (χ4n) is 2.73. The molecule has 0 radical (unpaired) electrons. The molecule has 1 N–H and O–H groups in total. The van der Waals surface area contributed by atoms with Gasteiger partial charge in [-0.1, -0.05) is 11.6 Å². The number of hydrogen-bond acceptors (Lipinski definition) is 2. The molecule has 0 aliphatic carbocycles. The van der Waals surface area contributed by atoms with E-state index >= 15 is 0 Å². The SMILES string of the molecule is CN1CCCC(CC(=O)Nc2ccc(Cl)c(C(F)(F)F)c2)C1. The number of alkyl halides is 3. The van der Waals surface area contributed by atoms with Gasteiger partial charge in [0.15, 0.2) is 0 Å². The summed E-state index contributed by atoms with van der Waals surface area (Å²) in [5.41, 5.74) is -0.824. The number of halogens is 4. The number of hydrogen-bond donors (Lipinski definition) is 1. The van der Waals surface area contributed by atoms with E-state index in [0.29, 0.717) is 6.42 Å². The maximum absolute atomic E-state index is 12.8. The van der Waals surface area contributed by atoms with Gasteiger partial charge in [0.05, 0.1) is 10.6 Å². The highest BCUT2D eigenvalue weighted by atomic mass is 35.5. The fourth-order valence-corrected chi connectivity index (χ4v) is 2.96. The molecule has 1 aromatic carbocycles. The molecule has 1 aliphatic heterocycles. The van der Waals surface area contributed by atoms with E-state index in [9.17, 15) is 18.0 Å². The molecular weight excluding hydrogens is 317 g/mol. The molecule has 7 heteroatoms. The lowest BCUT2D eigenvalue weighted by Crippen LogP contribution is -2.34. The van der Waals surface area contributed by atoms with Crippen LogP contribution in [0.2, 0.25) is 5.02 Å². The molecule has 2 rings (SSSR count). The third-order valence-electron chi connectivity index (χ3n) is 3.75. The van der Waals surface area contributed by atoms with Gasteiger partial charge in [-0.25, -0.2) is 0 Å². The summed E-state index contributed by atoms with van der Waals surface area (Å²) in [5, 5.41) is 2.15. The number of piperidine rings is 1. The zero-order valence-corrected chi connectivity index (χ0v) is 13.0. The van der Waals surface area contributed by atoms with Crippen molar-refractivity contribution in [2.24, 2.45) is 5.92 Å². The minimum Gasteiger partial charge on any atom is -0.326 e. The van der Waals surface area contributed by atoms with E-state index in [2.05, 4.69) is 10.2 Å². The molecule has 0 spiro atoms. The Labute approximate surface area is 132 Å². The van der Waals surface area contributed by atoms with Crippen LogP contribution in [0.25, 0.3) is 0 Å². The Morgan fingerprint density at radius 2 is 2.18 bits per heavy atom. The molecule has 1 unspecified atom stereocenters. The second-order valence-electron chi connectivity index (χ2n) is 5.72. The van der Waals surface area contributed by atoms with Crippen molar-refractivity contribution in [3.8, 4) is 0 Å². The molecule has 0 aromatic heterocycles. The van der Waals surface area contributed by atoms with Gasteiger partial charge in [0.2, 0.25) is 5.91 Å². The van der Waals surface area contributed by atoms with Crippen LogP contribution in [0.1, 0.15) is 24.8 Å². The van der Waals surface area contributed by atoms with E-state index in [0.717, 1.165) is 38.1 Å². The van der Waals surface area contributed by atoms with Gasteiger partial charge < -0.3 is 10.2 Å². The van der Waals surface area contributed by atoms with Gasteiger partial charge in [-0.15, -0.1) is 0 Å². The lowest BCUT2D eigenvalue weighted by atomic mass is 9.95. The molecule has 122 valence electrons. The van der Waals surface area contributed by atoms with E-state index in [1.54, 1.807) is 0 Å². The van der Waals surface area contributed by atoms with Crippen LogP contribution in [0, 0.1) is 5.92 Å². The molecule has 1 heterocycles. The van der Waals surface area contributed by atoms with Gasteiger partial charge in [-0.3, -0.25) is 4.79 Å². The molecule has 1 aromatic rings. The van der Waals surface area contributed by atoms with Crippen molar-refractivity contribution in [3.05, 3.63) is 28.8 Å². The number of nitrogens with one attached hydrogen (secondary N) is 1. The Hall–Kier alpha value is -1.27. The van der Waals surface area contributed by atoms with E-state index < -0.39 is 11.7 Å². The number of amides is 1. The predicted octanol–water partition coefficient (Wildman–Crippen LogP) is 4.03. The summed E-state index contributed by atoms with van der Waals surface area (Å²) in [4.78, 5) is 14.1. The number of anilines is 1. The number of rotatable bonds is 3. The maximum atomic E-state index is 12.8. The van der Waals surface area contributed by atoms with Crippen molar-refractivity contribution in [1.29, 1.82) is 0 Å². The smallest absolute Gasteiger partial charge is 0.326 e. The van der Waals surface area contributed by atoms with Crippen LogP contribution in [-0.4, -0.2) is 30.9 Å². The summed E-state index contributed by atoms with van der Waals surface area (Å²) in [6.07, 6.45) is -2.22. The molecule has 22 heavy (non-hydrogen) atoms. The normalized spacial score (nSPS) is 20.0. The summed E-state index contributed by atoms with van der Waals surface area (Å²) in [6.45, 7) is 1.85. The van der Waals surface area contributed by atoms with Crippen molar-refractivity contribution in [2.45, 2.75) is 25.4 Å². The zero-order chi connectivity index (χ0) is 16.3. The van der Waals surface area contributed by atoms with Gasteiger partial charge in [0.25, 0.3) is 0 Å². The molecule has 1 amide bonds. The van der Waals surface area contributed by atoms with Crippen LogP contribution in [0.15, 0.2) is 18.2 Å². The summed E-state index contributed by atoms with van der Waals surface area (Å²) < 4.78 is 38.3. The quantitative estimate of drug-likeness (QED) is 0.905. The van der Waals surface area contributed by atoms with Crippen molar-refractivity contribution in [1.82, 2.24) is 4.90 Å². The highest BCUT2D eigenvalue weighted by Crippen LogP contribution is 2.36. The standard InChI is InChI=1S/C15H18ClF3N2O/c1-21-6-2-3-10(9-21)7-14(22)20-11-4-5-13(16)12(8-11)15(17,18)19/h4-5,8,10H,2-3,6-7,9H2,1H3,(H,20,22). The molecule has 1 atom stereocenters. The van der Waals surface area contributed by atoms with Crippen LogP contribution in [0.3, 0.4) is 0 Å². The molecule has 0 bridgehead atoms. The Bertz CT molecular complexity index is 548. The first-order chi connectivity index (χ1) is 10.3. The minimum atomic E-state index is -4.54. The maximum Gasteiger partial charge on any atom is 0.417 e. The largest absolute Gasteiger partial charge is 0.417 e. The average Bonchev–Trinajstić information content (AvgIpc) is 2.39. The van der Waals surface area contributed by atoms with Crippen molar-refractivity contribution in [3.63, 3.8) is 0 Å². The lowest BCUT2D eigenvalue weighted by molar-refractivity contribution is -0.137. The van der Waals surface area contributed by atoms with Crippen LogP contribution in [0.5, 0.6) is 0 Å². The molecule has 1 aliphatic rings. The zero-order valence-electron chi connectivity index (χ0n) is 12.2. The van der Waals surface area contributed by atoms with Gasteiger partial charge in [-0.2, -0.15) is 13.2 Å². The number of likely N-dealkylation sites (tertiary alicyclic amines) is 1. The number of carbonyl (C=O) groups excluding carboxylic acids is 1. The first-order valence-electron chi connectivity index (χ1n) is 7.11. The summed E-state index contributed by atoms with van der Waals surface area (Å²) in [5.74, 6) is -0.0242. The summed E-state index contributed by atoms with van der Waals surface area (Å²) in [6, 6.07) is 3.39. The first-order valence-corrected chi connectivity index (χ1v) is 7.48. The van der Waals surface area contributed by atoms with E-state index in [1.165, 1.54) is 6.07 Å². The lowest BCUT2D eigenvalue weighted by Gasteiger charge is -2.29. The monoisotopic (exact) mass is 334 g/mol. The molecule has 3 nitrogen and oxygen atoms in total. The van der Waals surface area contributed by atoms with Crippen LogP contribution < -0.4 is 5.32 Å². The Morgan fingerprint density at radius 1 is 1.45 bits per heavy atom. The van der Waals surface area contributed by atoms with Crippen LogP contribution in [0.4, 0.5) is 18.9 Å². The third-order valence-corrected chi connectivity index (χ3v) is 4.08. The van der Waals surface area contributed by atoms with Gasteiger partial charge >= 0.3 is 6.18 Å². The number of carbonyl (C=O) groups is 1. The minimum absolute atomic E-state index is 0.117. The van der Waals surface area contributed by atoms with Gasteiger partial charge in [-0.05, 0) is 50.6 Å². The molecule has 0 saturated carbocycles. The van der Waals surface area contributed by atoms with Crippen molar-refractivity contribution in [2.75, 3.05) is 25.5 Å². The first kappa shape index (κ1) is 17.1. The summed E-state index contributed by atoms with van der Waals surface area (Å²) in [7, 11) is 2.00. The topological polar surface area (TPSA) is 32.3 Å². The highest BCUT2D eigenvalue weighted by molar-refractivity contribution is 6.31. The Morgan fingerprint density at radius 3 is 2.82 bits per heavy atom. The Kier molecular flexibility index (Phi) is 5.34. The molecule has 1 saturated heterocycles. The highest BCUT2D eigenvalue weighted by Gasteiger charge is 2.33. The second-order valence-corrected chi connectivity index (χ2v) is 6.12. The fraction of sp³-hybridized carbons (Fsp3) is 0.533. The molecular formula is C15H18ClF3N2O. The van der Waals surface area contributed by atoms with Crippen molar-refractivity contribution < 1.29 is 18.0 Å². The van der Waals surface area contributed by atoms with E-state index in [4.69, 9.17) is 11.6 Å². The van der Waals surface area contributed by atoms with Crippen molar-refractivity contribution >= 4 is 23.2 Å². The van der Waals surface area contributed by atoms with E-state index in [-0.39, 0.29) is 22.5 Å². The van der Waals surface area contributed by atoms with Gasteiger partial charge in [0, 0.05) is 18.7 Å². The number of benzene rings is 1. The van der Waals surface area contributed by atoms with Crippen LogP contribution >= 0.6 is 11.6 Å². The molecule has 1 fully saturated rings. The Balaban J connectivity index is 1.99. The van der Waals surface area contributed by atoms with E-state index in [1.807, 2.05) is 7.05 Å². The third kappa shape index (κ3) is 4.61. The second kappa shape index (κ2) is 6.87. The average molecular weight is 335 g/mol.